The van der Waals surface area contributed by atoms with E-state index in [2.05, 4.69) is 15.3 Å². The summed E-state index contributed by atoms with van der Waals surface area (Å²) in [5, 5.41) is 11.5. The molecule has 7 heteroatoms. The smallest absolute Gasteiger partial charge is 0.321 e. The Bertz CT molecular complexity index is 508. The first-order valence-electron chi connectivity index (χ1n) is 6.68. The van der Waals surface area contributed by atoms with E-state index in [1.807, 2.05) is 20.8 Å². The molecule has 1 rings (SSSR count). The van der Waals surface area contributed by atoms with E-state index in [0.29, 0.717) is 11.5 Å². The van der Waals surface area contributed by atoms with Gasteiger partial charge in [0.2, 0.25) is 0 Å². The van der Waals surface area contributed by atoms with Crippen LogP contribution in [0.2, 0.25) is 0 Å². The summed E-state index contributed by atoms with van der Waals surface area (Å²) in [5.41, 5.74) is 0.318. The van der Waals surface area contributed by atoms with Gasteiger partial charge in [0.25, 0.3) is 0 Å². The van der Waals surface area contributed by atoms with Crippen LogP contribution in [0.15, 0.2) is 12.4 Å². The fourth-order valence-corrected chi connectivity index (χ4v) is 1.57. The van der Waals surface area contributed by atoms with Crippen molar-refractivity contribution >= 4 is 17.7 Å². The van der Waals surface area contributed by atoms with E-state index in [1.54, 1.807) is 26.4 Å². The van der Waals surface area contributed by atoms with Gasteiger partial charge in [0.15, 0.2) is 0 Å². The van der Waals surface area contributed by atoms with Crippen molar-refractivity contribution in [1.29, 1.82) is 0 Å². The van der Waals surface area contributed by atoms with Crippen molar-refractivity contribution in [2.24, 2.45) is 5.92 Å². The maximum Gasteiger partial charge on any atom is 0.321 e. The number of urea groups is 1. The summed E-state index contributed by atoms with van der Waals surface area (Å²) < 4.78 is 0. The zero-order valence-corrected chi connectivity index (χ0v) is 13.0. The van der Waals surface area contributed by atoms with Crippen LogP contribution in [-0.2, 0) is 10.2 Å². The van der Waals surface area contributed by atoms with Gasteiger partial charge in [0, 0.05) is 19.0 Å². The van der Waals surface area contributed by atoms with Gasteiger partial charge in [-0.25, -0.2) is 14.8 Å². The molecule has 0 aliphatic rings. The molecule has 0 fully saturated rings. The monoisotopic (exact) mass is 294 g/mol. The molecule has 2 amide bonds. The number of nitrogens with zero attached hydrogens (tertiary/aromatic N) is 3. The first-order chi connectivity index (χ1) is 9.61. The molecule has 0 aliphatic carbocycles. The van der Waals surface area contributed by atoms with Crippen LogP contribution < -0.4 is 5.32 Å². The number of aromatic nitrogens is 2. The van der Waals surface area contributed by atoms with Gasteiger partial charge in [-0.05, 0) is 0 Å². The minimum absolute atomic E-state index is 0.127. The molecule has 0 spiro atoms. The average molecular weight is 294 g/mol. The van der Waals surface area contributed by atoms with Crippen LogP contribution in [0, 0.1) is 5.92 Å². The van der Waals surface area contributed by atoms with E-state index in [4.69, 9.17) is 5.11 Å². The van der Waals surface area contributed by atoms with E-state index < -0.39 is 17.9 Å². The third-order valence-electron chi connectivity index (χ3n) is 2.89. The molecule has 1 unspecified atom stereocenters. The second kappa shape index (κ2) is 6.51. The lowest BCUT2D eigenvalue weighted by Gasteiger charge is -2.20. The fraction of sp³-hybridized carbons (Fsp3) is 0.571. The van der Waals surface area contributed by atoms with Crippen LogP contribution in [0.1, 0.15) is 33.5 Å². The molecule has 2 N–H and O–H groups in total. The van der Waals surface area contributed by atoms with Crippen LogP contribution in [-0.4, -0.2) is 45.6 Å². The van der Waals surface area contributed by atoms with Gasteiger partial charge in [-0.15, -0.1) is 0 Å². The van der Waals surface area contributed by atoms with Crippen LogP contribution >= 0.6 is 0 Å². The van der Waals surface area contributed by atoms with Gasteiger partial charge < -0.3 is 15.3 Å². The lowest BCUT2D eigenvalue weighted by molar-refractivity contribution is -0.141. The zero-order valence-electron chi connectivity index (χ0n) is 13.0. The van der Waals surface area contributed by atoms with Crippen LogP contribution in [0.4, 0.5) is 10.5 Å². The van der Waals surface area contributed by atoms with Crippen molar-refractivity contribution in [1.82, 2.24) is 14.9 Å². The van der Waals surface area contributed by atoms with E-state index in [-0.39, 0.29) is 12.0 Å². The number of nitrogens with one attached hydrogen (secondary N) is 1. The van der Waals surface area contributed by atoms with Gasteiger partial charge in [-0.2, -0.15) is 0 Å². The van der Waals surface area contributed by atoms with Gasteiger partial charge >= 0.3 is 12.0 Å². The second-order valence-electron chi connectivity index (χ2n) is 6.10. The molecule has 1 aromatic heterocycles. The third-order valence-corrected chi connectivity index (χ3v) is 2.89. The molecule has 0 saturated heterocycles. The largest absolute Gasteiger partial charge is 0.481 e. The normalized spacial score (nSPS) is 12.6. The third kappa shape index (κ3) is 5.02. The molecule has 7 nitrogen and oxygen atoms in total. The van der Waals surface area contributed by atoms with E-state index in [1.165, 1.54) is 4.90 Å². The lowest BCUT2D eigenvalue weighted by atomic mass is 9.96. The predicted molar refractivity (Wildman–Crippen MR) is 79.2 cm³/mol. The van der Waals surface area contributed by atoms with Gasteiger partial charge in [0.05, 0.1) is 24.0 Å². The Morgan fingerprint density at radius 2 is 1.86 bits per heavy atom. The SMILES string of the molecule is CC(CN(C)C(=O)Nc1cnc(C(C)(C)C)nc1)C(=O)O. The highest BCUT2D eigenvalue weighted by molar-refractivity contribution is 5.89. The molecule has 1 heterocycles. The number of amides is 2. The fourth-order valence-electron chi connectivity index (χ4n) is 1.57. The van der Waals surface area contributed by atoms with Crippen LogP contribution in [0.5, 0.6) is 0 Å². The summed E-state index contributed by atoms with van der Waals surface area (Å²) in [6, 6.07) is -0.393. The average Bonchev–Trinajstić information content (AvgIpc) is 2.37. The molecule has 1 atom stereocenters. The van der Waals surface area contributed by atoms with Crippen molar-refractivity contribution in [3.63, 3.8) is 0 Å². The number of carboxylic acids is 1. The predicted octanol–water partition coefficient (Wildman–Crippen LogP) is 1.96. The molecule has 0 bridgehead atoms. The number of hydrogen-bond acceptors (Lipinski definition) is 4. The minimum atomic E-state index is -0.937. The number of carboxylic acid groups (broad SMARTS) is 1. The van der Waals surface area contributed by atoms with Crippen molar-refractivity contribution in [2.75, 3.05) is 18.9 Å². The standard InChI is InChI=1S/C14H22N4O3/c1-9(11(19)20)8-18(5)13(21)17-10-6-15-12(16-7-10)14(2,3)4/h6-7,9H,8H2,1-5H3,(H,17,21)(H,19,20). The summed E-state index contributed by atoms with van der Waals surface area (Å²) in [6.07, 6.45) is 3.08. The van der Waals surface area contributed by atoms with E-state index in [0.717, 1.165) is 0 Å². The van der Waals surface area contributed by atoms with E-state index in [9.17, 15) is 9.59 Å². The van der Waals surface area contributed by atoms with Crippen molar-refractivity contribution in [2.45, 2.75) is 33.1 Å². The highest BCUT2D eigenvalue weighted by Crippen LogP contribution is 2.18. The highest BCUT2D eigenvalue weighted by atomic mass is 16.4. The molecule has 116 valence electrons. The Labute approximate surface area is 124 Å². The Morgan fingerprint density at radius 1 is 1.33 bits per heavy atom. The first-order valence-corrected chi connectivity index (χ1v) is 6.68. The van der Waals surface area contributed by atoms with E-state index >= 15 is 0 Å². The van der Waals surface area contributed by atoms with Gasteiger partial charge in [-0.3, -0.25) is 4.79 Å². The minimum Gasteiger partial charge on any atom is -0.481 e. The number of carbonyl (C=O) groups is 2. The maximum absolute atomic E-state index is 11.9. The van der Waals surface area contributed by atoms with Gasteiger partial charge in [0.1, 0.15) is 5.82 Å². The summed E-state index contributed by atoms with van der Waals surface area (Å²) in [7, 11) is 1.54. The Kier molecular flexibility index (Phi) is 5.23. The van der Waals surface area contributed by atoms with Crippen LogP contribution in [0.25, 0.3) is 0 Å². The second-order valence-corrected chi connectivity index (χ2v) is 6.10. The summed E-state index contributed by atoms with van der Waals surface area (Å²) >= 11 is 0. The number of aliphatic carboxylic acids is 1. The lowest BCUT2D eigenvalue weighted by Crippen LogP contribution is -2.36. The van der Waals surface area contributed by atoms with Crippen molar-refractivity contribution in [3.8, 4) is 0 Å². The number of hydrogen-bond donors (Lipinski definition) is 2. The molecule has 0 aliphatic heterocycles. The number of carbonyl (C=O) groups excluding carboxylic acids is 1. The number of anilines is 1. The molecular formula is C14H22N4O3. The Hall–Kier alpha value is -2.18. The molecular weight excluding hydrogens is 272 g/mol. The van der Waals surface area contributed by atoms with Gasteiger partial charge in [-0.1, -0.05) is 27.7 Å². The zero-order chi connectivity index (χ0) is 16.2. The maximum atomic E-state index is 11.9. The molecule has 0 saturated carbocycles. The van der Waals surface area contributed by atoms with Crippen LogP contribution in [0.3, 0.4) is 0 Å². The number of rotatable bonds is 4. The Morgan fingerprint density at radius 3 is 2.29 bits per heavy atom. The van der Waals surface area contributed by atoms with Crippen molar-refractivity contribution in [3.05, 3.63) is 18.2 Å². The first kappa shape index (κ1) is 16.9. The Balaban J connectivity index is 2.64. The topological polar surface area (TPSA) is 95.4 Å². The molecule has 0 aromatic carbocycles. The molecule has 0 radical (unpaired) electrons. The summed E-state index contributed by atoms with van der Waals surface area (Å²) in [5.74, 6) is -0.874. The van der Waals surface area contributed by atoms with Crippen molar-refractivity contribution < 1.29 is 14.7 Å². The molecule has 21 heavy (non-hydrogen) atoms. The molecule has 1 aromatic rings. The summed E-state index contributed by atoms with van der Waals surface area (Å²) in [6.45, 7) is 7.68. The summed E-state index contributed by atoms with van der Waals surface area (Å²) in [4.78, 5) is 32.4. The highest BCUT2D eigenvalue weighted by Gasteiger charge is 2.19. The quantitative estimate of drug-likeness (QED) is 0.885.